The fourth-order valence-electron chi connectivity index (χ4n) is 1.65. The summed E-state index contributed by atoms with van der Waals surface area (Å²) in [5.74, 6) is 2.42. The zero-order valence-corrected chi connectivity index (χ0v) is 14.0. The van der Waals surface area contributed by atoms with E-state index in [2.05, 4.69) is 15.5 Å². The van der Waals surface area contributed by atoms with E-state index in [4.69, 9.17) is 5.84 Å². The molecule has 0 fully saturated rings. The highest BCUT2D eigenvalue weighted by Crippen LogP contribution is 2.31. The standard InChI is InChI=1S/C13H13F2N5O2S2/c1-7-11(22)20(16)13(19-18-7)23-6-10(21)17-8-4-2-3-5-9(8)24-12(14)15/h2-5,12H,6,16H2,1H3,(H,17,21). The van der Waals surface area contributed by atoms with Gasteiger partial charge in [-0.1, -0.05) is 35.7 Å². The number of benzene rings is 1. The third-order valence-corrected chi connectivity index (χ3v) is 4.46. The fourth-order valence-corrected chi connectivity index (χ4v) is 2.90. The molecule has 1 heterocycles. The van der Waals surface area contributed by atoms with E-state index in [1.54, 1.807) is 12.1 Å². The number of nitrogens with two attached hydrogens (primary N) is 1. The van der Waals surface area contributed by atoms with Crippen LogP contribution in [0.1, 0.15) is 5.69 Å². The Morgan fingerprint density at radius 2 is 2.08 bits per heavy atom. The van der Waals surface area contributed by atoms with Crippen molar-refractivity contribution < 1.29 is 13.6 Å². The Hall–Kier alpha value is -2.14. The molecule has 0 saturated heterocycles. The predicted molar refractivity (Wildman–Crippen MR) is 88.8 cm³/mol. The van der Waals surface area contributed by atoms with Gasteiger partial charge in [-0.2, -0.15) is 13.5 Å². The first-order valence-electron chi connectivity index (χ1n) is 6.56. The van der Waals surface area contributed by atoms with E-state index in [0.717, 1.165) is 16.4 Å². The summed E-state index contributed by atoms with van der Waals surface area (Å²) in [4.78, 5) is 23.9. The van der Waals surface area contributed by atoms with Gasteiger partial charge in [0.2, 0.25) is 11.1 Å². The van der Waals surface area contributed by atoms with Crippen molar-refractivity contribution in [3.63, 3.8) is 0 Å². The topological polar surface area (TPSA) is 103 Å². The lowest BCUT2D eigenvalue weighted by Crippen LogP contribution is -2.32. The Balaban J connectivity index is 2.02. The maximum Gasteiger partial charge on any atom is 0.294 e. The molecule has 11 heteroatoms. The van der Waals surface area contributed by atoms with E-state index < -0.39 is 17.2 Å². The summed E-state index contributed by atoms with van der Waals surface area (Å²) in [6.45, 7) is 1.47. The van der Waals surface area contributed by atoms with E-state index in [0.29, 0.717) is 11.8 Å². The molecule has 128 valence electrons. The van der Waals surface area contributed by atoms with E-state index in [1.807, 2.05) is 0 Å². The van der Waals surface area contributed by atoms with Crippen molar-refractivity contribution in [2.24, 2.45) is 0 Å². The normalized spacial score (nSPS) is 10.8. The Morgan fingerprint density at radius 1 is 1.38 bits per heavy atom. The number of para-hydroxylation sites is 1. The number of alkyl halides is 2. The number of carbonyl (C=O) groups is 1. The van der Waals surface area contributed by atoms with Crippen LogP contribution in [0, 0.1) is 6.92 Å². The van der Waals surface area contributed by atoms with E-state index >= 15 is 0 Å². The number of aromatic nitrogens is 3. The minimum absolute atomic E-state index is 0.0796. The predicted octanol–water partition coefficient (Wildman–Crippen LogP) is 1.71. The van der Waals surface area contributed by atoms with Crippen LogP contribution >= 0.6 is 23.5 Å². The van der Waals surface area contributed by atoms with Gasteiger partial charge in [0.25, 0.3) is 11.3 Å². The highest BCUT2D eigenvalue weighted by Gasteiger charge is 2.13. The SMILES string of the molecule is Cc1nnc(SCC(=O)Nc2ccccc2SC(F)F)n(N)c1=O. The molecule has 0 aliphatic carbocycles. The molecule has 0 aliphatic rings. The Labute approximate surface area is 144 Å². The van der Waals surface area contributed by atoms with Gasteiger partial charge in [-0.05, 0) is 19.1 Å². The number of halogens is 2. The molecule has 2 rings (SSSR count). The molecule has 24 heavy (non-hydrogen) atoms. The van der Waals surface area contributed by atoms with Crippen LogP contribution in [0.4, 0.5) is 14.5 Å². The molecule has 0 unspecified atom stereocenters. The molecular weight excluding hydrogens is 360 g/mol. The van der Waals surface area contributed by atoms with Gasteiger partial charge in [0.15, 0.2) is 0 Å². The molecule has 3 N–H and O–H groups in total. The van der Waals surface area contributed by atoms with Crippen LogP contribution in [0.15, 0.2) is 39.1 Å². The molecule has 0 saturated carbocycles. The van der Waals surface area contributed by atoms with Crippen LogP contribution in [-0.2, 0) is 4.79 Å². The second-order valence-corrected chi connectivity index (χ2v) is 6.43. The zero-order valence-electron chi connectivity index (χ0n) is 12.4. The molecule has 1 amide bonds. The number of aryl methyl sites for hydroxylation is 1. The van der Waals surface area contributed by atoms with Crippen molar-refractivity contribution in [2.75, 3.05) is 16.9 Å². The molecule has 2 aromatic rings. The van der Waals surface area contributed by atoms with Gasteiger partial charge >= 0.3 is 0 Å². The second-order valence-electron chi connectivity index (χ2n) is 4.45. The number of hydrogen-bond acceptors (Lipinski definition) is 7. The van der Waals surface area contributed by atoms with Crippen LogP contribution < -0.4 is 16.7 Å². The van der Waals surface area contributed by atoms with Gasteiger partial charge < -0.3 is 11.2 Å². The molecule has 1 aromatic heterocycles. The highest BCUT2D eigenvalue weighted by molar-refractivity contribution is 8.00. The maximum atomic E-state index is 12.5. The highest BCUT2D eigenvalue weighted by atomic mass is 32.2. The smallest absolute Gasteiger partial charge is 0.294 e. The summed E-state index contributed by atoms with van der Waals surface area (Å²) in [5.41, 5.74) is -0.0793. The molecule has 0 aliphatic heterocycles. The Bertz CT molecular complexity index is 800. The van der Waals surface area contributed by atoms with Gasteiger partial charge in [0.05, 0.1) is 11.4 Å². The summed E-state index contributed by atoms with van der Waals surface area (Å²) in [6, 6.07) is 6.24. The lowest BCUT2D eigenvalue weighted by atomic mass is 10.3. The Morgan fingerprint density at radius 3 is 2.79 bits per heavy atom. The minimum atomic E-state index is -2.59. The number of nitrogens with one attached hydrogen (secondary N) is 1. The summed E-state index contributed by atoms with van der Waals surface area (Å²) in [6.07, 6.45) is 0. The van der Waals surface area contributed by atoms with E-state index in [1.165, 1.54) is 19.1 Å². The number of thioether (sulfide) groups is 2. The number of nitrogens with zero attached hydrogens (tertiary/aromatic N) is 3. The molecule has 7 nitrogen and oxygen atoms in total. The first kappa shape index (κ1) is 18.2. The van der Waals surface area contributed by atoms with Crippen molar-refractivity contribution >= 4 is 35.1 Å². The maximum absolute atomic E-state index is 12.5. The molecule has 0 spiro atoms. The van der Waals surface area contributed by atoms with Crippen molar-refractivity contribution in [1.29, 1.82) is 0 Å². The van der Waals surface area contributed by atoms with Gasteiger partial charge in [-0.15, -0.1) is 10.2 Å². The second kappa shape index (κ2) is 8.11. The number of nitrogen functional groups attached to an aromatic ring is 1. The fraction of sp³-hybridized carbons (Fsp3) is 0.231. The van der Waals surface area contributed by atoms with Crippen molar-refractivity contribution in [1.82, 2.24) is 14.9 Å². The van der Waals surface area contributed by atoms with Crippen LogP contribution in [0.25, 0.3) is 0 Å². The largest absolute Gasteiger partial charge is 0.334 e. The number of rotatable bonds is 6. The summed E-state index contributed by atoms with van der Waals surface area (Å²) in [7, 11) is 0. The molecule has 0 radical (unpaired) electrons. The molecule has 1 aromatic carbocycles. The minimum Gasteiger partial charge on any atom is -0.334 e. The Kier molecular flexibility index (Phi) is 6.15. The van der Waals surface area contributed by atoms with Gasteiger partial charge in [-0.25, -0.2) is 0 Å². The van der Waals surface area contributed by atoms with Gasteiger partial charge in [-0.3, -0.25) is 9.59 Å². The van der Waals surface area contributed by atoms with Crippen molar-refractivity contribution in [3.05, 3.63) is 40.3 Å². The molecular formula is C13H13F2N5O2S2. The monoisotopic (exact) mass is 373 g/mol. The van der Waals surface area contributed by atoms with Crippen LogP contribution in [0.2, 0.25) is 0 Å². The molecule has 0 atom stereocenters. The summed E-state index contributed by atoms with van der Waals surface area (Å²) < 4.78 is 25.8. The van der Waals surface area contributed by atoms with E-state index in [-0.39, 0.29) is 27.2 Å². The first-order chi connectivity index (χ1) is 11.4. The van der Waals surface area contributed by atoms with Gasteiger partial charge in [0, 0.05) is 4.90 Å². The van der Waals surface area contributed by atoms with Crippen molar-refractivity contribution in [2.45, 2.75) is 22.7 Å². The van der Waals surface area contributed by atoms with Crippen molar-refractivity contribution in [3.8, 4) is 0 Å². The average Bonchev–Trinajstić information content (AvgIpc) is 2.53. The van der Waals surface area contributed by atoms with Gasteiger partial charge in [0.1, 0.15) is 5.69 Å². The lowest BCUT2D eigenvalue weighted by molar-refractivity contribution is -0.113. The number of hydrogen-bond donors (Lipinski definition) is 2. The van der Waals surface area contributed by atoms with Crippen LogP contribution in [0.5, 0.6) is 0 Å². The van der Waals surface area contributed by atoms with E-state index in [9.17, 15) is 18.4 Å². The first-order valence-corrected chi connectivity index (χ1v) is 8.43. The zero-order chi connectivity index (χ0) is 17.7. The summed E-state index contributed by atoms with van der Waals surface area (Å²) >= 11 is 1.26. The van der Waals surface area contributed by atoms with Crippen LogP contribution in [0.3, 0.4) is 0 Å². The average molecular weight is 373 g/mol. The van der Waals surface area contributed by atoms with Crippen LogP contribution in [-0.4, -0.2) is 32.3 Å². The quantitative estimate of drug-likeness (QED) is 0.587. The molecule has 0 bridgehead atoms. The number of anilines is 1. The third kappa shape index (κ3) is 4.68. The lowest BCUT2D eigenvalue weighted by Gasteiger charge is -2.10. The third-order valence-electron chi connectivity index (χ3n) is 2.73. The summed E-state index contributed by atoms with van der Waals surface area (Å²) in [5, 5.41) is 10.0. The number of carbonyl (C=O) groups excluding carboxylic acids is 1. The number of amides is 1.